The number of carbonyl (C=O) groups is 4. The number of nitrogens with zero attached hydrogens (tertiary/aromatic N) is 1. The number of nitrogens with one attached hydrogen (secondary N) is 3. The molecule has 4 rings (SSSR count). The number of esters is 1. The first-order valence-corrected chi connectivity index (χ1v) is 15.0. The molecule has 0 saturated heterocycles. The van der Waals surface area contributed by atoms with Crippen LogP contribution in [0.4, 0.5) is 10.5 Å². The fourth-order valence-corrected chi connectivity index (χ4v) is 5.75. The summed E-state index contributed by atoms with van der Waals surface area (Å²) in [6.45, 7) is 6.48. The fraction of sp³-hybridized carbons (Fsp3) is 0.515. The van der Waals surface area contributed by atoms with Crippen LogP contribution in [0, 0.1) is 5.92 Å². The van der Waals surface area contributed by atoms with Crippen LogP contribution in [0.2, 0.25) is 0 Å². The van der Waals surface area contributed by atoms with Gasteiger partial charge in [0.1, 0.15) is 12.1 Å². The van der Waals surface area contributed by atoms with Crippen LogP contribution in [-0.4, -0.2) is 48.5 Å². The monoisotopic (exact) mass is 576 g/mol. The van der Waals surface area contributed by atoms with Crippen LogP contribution in [-0.2, 0) is 25.7 Å². The van der Waals surface area contributed by atoms with E-state index in [1.54, 1.807) is 4.90 Å². The molecule has 2 aliphatic rings. The minimum atomic E-state index is -0.575. The molecule has 1 aliphatic heterocycles. The summed E-state index contributed by atoms with van der Waals surface area (Å²) in [7, 11) is 0. The number of urea groups is 1. The fourth-order valence-electron chi connectivity index (χ4n) is 5.75. The van der Waals surface area contributed by atoms with Gasteiger partial charge in [-0.1, -0.05) is 48.5 Å². The number of fused-ring (bicyclic) bond motifs is 1. The highest BCUT2D eigenvalue weighted by molar-refractivity contribution is 6.00. The maximum atomic E-state index is 13.1. The van der Waals surface area contributed by atoms with E-state index < -0.39 is 5.60 Å². The molecule has 2 aromatic carbocycles. The smallest absolute Gasteiger partial charge is 0.315 e. The second-order valence-electron chi connectivity index (χ2n) is 12.4. The molecule has 0 bridgehead atoms. The molecule has 1 aliphatic carbocycles. The van der Waals surface area contributed by atoms with E-state index in [4.69, 9.17) is 4.74 Å². The van der Waals surface area contributed by atoms with Gasteiger partial charge in [0.2, 0.25) is 11.8 Å². The van der Waals surface area contributed by atoms with Crippen molar-refractivity contribution in [2.75, 3.05) is 18.0 Å². The third kappa shape index (κ3) is 9.33. The van der Waals surface area contributed by atoms with Crippen LogP contribution < -0.4 is 20.9 Å². The molecule has 1 saturated carbocycles. The van der Waals surface area contributed by atoms with Crippen LogP contribution in [0.25, 0.3) is 0 Å². The first-order valence-electron chi connectivity index (χ1n) is 15.0. The van der Waals surface area contributed by atoms with Crippen molar-refractivity contribution in [2.45, 2.75) is 89.8 Å². The maximum Gasteiger partial charge on any atom is 0.315 e. The molecule has 3 N–H and O–H groups in total. The Morgan fingerprint density at radius 1 is 0.905 bits per heavy atom. The van der Waals surface area contributed by atoms with E-state index >= 15 is 0 Å². The third-order valence-electron chi connectivity index (χ3n) is 7.88. The Morgan fingerprint density at radius 2 is 1.60 bits per heavy atom. The first kappa shape index (κ1) is 31.1. The van der Waals surface area contributed by atoms with Gasteiger partial charge in [-0.2, -0.15) is 0 Å². The molecule has 0 radical (unpaired) electrons. The summed E-state index contributed by atoms with van der Waals surface area (Å²) in [5.41, 5.74) is 2.05. The van der Waals surface area contributed by atoms with Gasteiger partial charge in [-0.15, -0.1) is 0 Å². The standard InChI is InChI=1S/C33H44N4O5/c1-33(2,3)42-31(40)19-25-15-18-30(39)37(28-12-8-7-11-27(25)28)22-29(38)34-20-24-13-16-26(17-14-24)36-32(41)35-21-23-9-5-4-6-10-23/h4-12,24-26H,13-22H2,1-3H3,(H,34,38)(H2,35,36,41). The lowest BCUT2D eigenvalue weighted by molar-refractivity contribution is -0.155. The van der Waals surface area contributed by atoms with Crippen LogP contribution in [0.1, 0.15) is 82.8 Å². The molecule has 226 valence electrons. The summed E-state index contributed by atoms with van der Waals surface area (Å²) in [6.07, 6.45) is 4.49. The summed E-state index contributed by atoms with van der Waals surface area (Å²) < 4.78 is 5.53. The molecule has 9 nitrogen and oxygen atoms in total. The summed E-state index contributed by atoms with van der Waals surface area (Å²) in [5, 5.41) is 9.00. The number of para-hydroxylation sites is 1. The minimum absolute atomic E-state index is 0.0620. The summed E-state index contributed by atoms with van der Waals surface area (Å²) in [5.74, 6) is -0.452. The van der Waals surface area contributed by atoms with Gasteiger partial charge in [0.05, 0.1) is 6.42 Å². The molecule has 42 heavy (non-hydrogen) atoms. The lowest BCUT2D eigenvalue weighted by atomic mass is 9.86. The maximum absolute atomic E-state index is 13.1. The summed E-state index contributed by atoms with van der Waals surface area (Å²) in [6, 6.07) is 17.3. The zero-order valence-electron chi connectivity index (χ0n) is 25.0. The number of hydrogen-bond acceptors (Lipinski definition) is 5. The number of benzene rings is 2. The Balaban J connectivity index is 1.23. The highest BCUT2D eigenvalue weighted by Crippen LogP contribution is 2.37. The van der Waals surface area contributed by atoms with E-state index in [2.05, 4.69) is 16.0 Å². The van der Waals surface area contributed by atoms with Crippen molar-refractivity contribution >= 4 is 29.5 Å². The molecule has 0 aromatic heterocycles. The normalized spacial score (nSPS) is 20.6. The van der Waals surface area contributed by atoms with Crippen molar-refractivity contribution in [1.82, 2.24) is 16.0 Å². The number of amides is 4. The summed E-state index contributed by atoms with van der Waals surface area (Å²) >= 11 is 0. The lowest BCUT2D eigenvalue weighted by Gasteiger charge is -2.29. The van der Waals surface area contributed by atoms with E-state index in [0.717, 1.165) is 36.8 Å². The van der Waals surface area contributed by atoms with Gasteiger partial charge in [-0.3, -0.25) is 14.4 Å². The van der Waals surface area contributed by atoms with Gasteiger partial charge in [-0.25, -0.2) is 4.79 Å². The largest absolute Gasteiger partial charge is 0.460 e. The number of carbonyl (C=O) groups excluding carboxylic acids is 4. The van der Waals surface area contributed by atoms with Crippen LogP contribution in [0.5, 0.6) is 0 Å². The van der Waals surface area contributed by atoms with Crippen LogP contribution in [0.15, 0.2) is 54.6 Å². The number of anilines is 1. The van der Waals surface area contributed by atoms with E-state index in [1.807, 2.05) is 75.4 Å². The van der Waals surface area contributed by atoms with Crippen LogP contribution >= 0.6 is 0 Å². The Morgan fingerprint density at radius 3 is 2.31 bits per heavy atom. The van der Waals surface area contributed by atoms with Gasteiger partial charge >= 0.3 is 12.0 Å². The van der Waals surface area contributed by atoms with E-state index in [0.29, 0.717) is 31.1 Å². The van der Waals surface area contributed by atoms with E-state index in [1.165, 1.54) is 0 Å². The van der Waals surface area contributed by atoms with Gasteiger partial charge in [0, 0.05) is 31.2 Å². The van der Waals surface area contributed by atoms with Crippen molar-refractivity contribution < 1.29 is 23.9 Å². The molecule has 1 heterocycles. The molecular formula is C33H44N4O5. The van der Waals surface area contributed by atoms with Gasteiger partial charge < -0.3 is 25.6 Å². The number of ether oxygens (including phenoxy) is 1. The van der Waals surface area contributed by atoms with E-state index in [-0.39, 0.29) is 55.2 Å². The lowest BCUT2D eigenvalue weighted by Crippen LogP contribution is -2.45. The van der Waals surface area contributed by atoms with Crippen molar-refractivity contribution in [3.8, 4) is 0 Å². The molecular weight excluding hydrogens is 532 g/mol. The quantitative estimate of drug-likeness (QED) is 0.371. The molecule has 1 fully saturated rings. The van der Waals surface area contributed by atoms with Gasteiger partial charge in [0.15, 0.2) is 0 Å². The van der Waals surface area contributed by atoms with Crippen molar-refractivity contribution in [3.05, 3.63) is 65.7 Å². The number of rotatable bonds is 9. The molecule has 9 heteroatoms. The van der Waals surface area contributed by atoms with E-state index in [9.17, 15) is 19.2 Å². The number of hydrogen-bond donors (Lipinski definition) is 3. The second-order valence-corrected chi connectivity index (χ2v) is 12.4. The van der Waals surface area contributed by atoms with Crippen LogP contribution in [0.3, 0.4) is 0 Å². The zero-order valence-corrected chi connectivity index (χ0v) is 25.0. The predicted molar refractivity (Wildman–Crippen MR) is 162 cm³/mol. The Bertz CT molecular complexity index is 1230. The van der Waals surface area contributed by atoms with Gasteiger partial charge in [-0.05, 0) is 81.9 Å². The SMILES string of the molecule is CC(C)(C)OC(=O)CC1CCC(=O)N(CC(=O)NCC2CCC(NC(=O)NCc3ccccc3)CC2)c2ccccc21. The summed E-state index contributed by atoms with van der Waals surface area (Å²) in [4.78, 5) is 52.5. The molecule has 2 aromatic rings. The third-order valence-corrected chi connectivity index (χ3v) is 7.88. The molecule has 1 atom stereocenters. The van der Waals surface area contributed by atoms with Crippen molar-refractivity contribution in [1.29, 1.82) is 0 Å². The second kappa shape index (κ2) is 14.3. The average molecular weight is 577 g/mol. The van der Waals surface area contributed by atoms with Crippen molar-refractivity contribution in [2.24, 2.45) is 5.92 Å². The zero-order chi connectivity index (χ0) is 30.1. The highest BCUT2D eigenvalue weighted by Gasteiger charge is 2.31. The molecule has 1 unspecified atom stereocenters. The minimum Gasteiger partial charge on any atom is -0.460 e. The molecule has 0 spiro atoms. The van der Waals surface area contributed by atoms with Gasteiger partial charge in [0.25, 0.3) is 0 Å². The predicted octanol–water partition coefficient (Wildman–Crippen LogP) is 4.80. The highest BCUT2D eigenvalue weighted by atomic mass is 16.6. The Labute approximate surface area is 248 Å². The average Bonchev–Trinajstić information content (AvgIpc) is 3.08. The Kier molecular flexibility index (Phi) is 10.6. The first-order chi connectivity index (χ1) is 20.1. The molecule has 4 amide bonds. The topological polar surface area (TPSA) is 117 Å². The Hall–Kier alpha value is -3.88. The van der Waals surface area contributed by atoms with Crippen molar-refractivity contribution in [3.63, 3.8) is 0 Å².